The molecule has 0 amide bonds. The van der Waals surface area contributed by atoms with Gasteiger partial charge in [0.1, 0.15) is 0 Å². The van der Waals surface area contributed by atoms with Gasteiger partial charge in [0.2, 0.25) is 0 Å². The molecule has 0 heterocycles. The SMILES string of the molecule is CCC(CO)(CO)COCCCC#N. The van der Waals surface area contributed by atoms with Gasteiger partial charge >= 0.3 is 0 Å². The van der Waals surface area contributed by atoms with Crippen molar-refractivity contribution in [3.05, 3.63) is 0 Å². The molecule has 0 fully saturated rings. The molecule has 0 bridgehead atoms. The third-order valence-corrected chi connectivity index (χ3v) is 2.41. The molecular formula is C10H19NO3. The minimum atomic E-state index is -0.521. The summed E-state index contributed by atoms with van der Waals surface area (Å²) in [5.74, 6) is 0. The smallest absolute Gasteiger partial charge is 0.0622 e. The van der Waals surface area contributed by atoms with E-state index in [9.17, 15) is 0 Å². The summed E-state index contributed by atoms with van der Waals surface area (Å²) >= 11 is 0. The highest BCUT2D eigenvalue weighted by molar-refractivity contribution is 4.75. The normalized spacial score (nSPS) is 11.3. The second-order valence-corrected chi connectivity index (χ2v) is 3.48. The summed E-state index contributed by atoms with van der Waals surface area (Å²) in [5, 5.41) is 26.5. The first kappa shape index (κ1) is 13.4. The minimum Gasteiger partial charge on any atom is -0.396 e. The third kappa shape index (κ3) is 4.56. The van der Waals surface area contributed by atoms with Crippen molar-refractivity contribution in [1.82, 2.24) is 0 Å². The fraction of sp³-hybridized carbons (Fsp3) is 0.900. The monoisotopic (exact) mass is 201 g/mol. The van der Waals surface area contributed by atoms with Crippen molar-refractivity contribution in [3.8, 4) is 6.07 Å². The number of nitrogens with zero attached hydrogens (tertiary/aromatic N) is 1. The van der Waals surface area contributed by atoms with Crippen molar-refractivity contribution in [3.63, 3.8) is 0 Å². The van der Waals surface area contributed by atoms with Crippen LogP contribution in [0.1, 0.15) is 26.2 Å². The van der Waals surface area contributed by atoms with Crippen LogP contribution in [0.25, 0.3) is 0 Å². The lowest BCUT2D eigenvalue weighted by Crippen LogP contribution is -2.34. The summed E-state index contributed by atoms with van der Waals surface area (Å²) in [7, 11) is 0. The molecule has 4 heteroatoms. The van der Waals surface area contributed by atoms with E-state index < -0.39 is 5.41 Å². The van der Waals surface area contributed by atoms with Gasteiger partial charge in [-0.15, -0.1) is 0 Å². The summed E-state index contributed by atoms with van der Waals surface area (Å²) in [6.07, 6.45) is 1.86. The van der Waals surface area contributed by atoms with Gasteiger partial charge in [0, 0.05) is 18.4 Å². The van der Waals surface area contributed by atoms with Crippen LogP contribution in [0.2, 0.25) is 0 Å². The average molecular weight is 201 g/mol. The number of aliphatic hydroxyl groups is 2. The average Bonchev–Trinajstić information content (AvgIpc) is 2.24. The summed E-state index contributed by atoms with van der Waals surface area (Å²) in [6.45, 7) is 2.62. The van der Waals surface area contributed by atoms with Crippen molar-refractivity contribution in [2.75, 3.05) is 26.4 Å². The Balaban J connectivity index is 3.67. The zero-order chi connectivity index (χ0) is 10.9. The molecule has 0 saturated carbocycles. The van der Waals surface area contributed by atoms with Crippen molar-refractivity contribution < 1.29 is 14.9 Å². The maximum atomic E-state index is 9.09. The van der Waals surface area contributed by atoms with Crippen LogP contribution in [-0.2, 0) is 4.74 Å². The number of hydrogen-bond acceptors (Lipinski definition) is 4. The molecule has 0 atom stereocenters. The maximum absolute atomic E-state index is 9.09. The second kappa shape index (κ2) is 7.74. The van der Waals surface area contributed by atoms with Gasteiger partial charge in [-0.25, -0.2) is 0 Å². The molecule has 2 N–H and O–H groups in total. The standard InChI is InChI=1S/C10H19NO3/c1-2-10(7-12,8-13)9-14-6-4-3-5-11/h12-13H,2-4,6-9H2,1H3. The number of ether oxygens (including phenoxy) is 1. The number of rotatable bonds is 8. The molecule has 0 aliphatic heterocycles. The highest BCUT2D eigenvalue weighted by Crippen LogP contribution is 2.20. The van der Waals surface area contributed by atoms with E-state index in [4.69, 9.17) is 20.2 Å². The number of unbranched alkanes of at least 4 members (excludes halogenated alkanes) is 1. The molecule has 82 valence electrons. The molecule has 4 nitrogen and oxygen atoms in total. The number of hydrogen-bond donors (Lipinski definition) is 2. The Hall–Kier alpha value is -0.630. The molecule has 0 rings (SSSR count). The van der Waals surface area contributed by atoms with E-state index in [0.717, 1.165) is 0 Å². The van der Waals surface area contributed by atoms with Gasteiger partial charge in [-0.3, -0.25) is 0 Å². The largest absolute Gasteiger partial charge is 0.396 e. The fourth-order valence-electron chi connectivity index (χ4n) is 1.01. The highest BCUT2D eigenvalue weighted by atomic mass is 16.5. The van der Waals surface area contributed by atoms with Crippen molar-refractivity contribution in [2.24, 2.45) is 5.41 Å². The van der Waals surface area contributed by atoms with E-state index in [0.29, 0.717) is 32.5 Å². The van der Waals surface area contributed by atoms with Crippen LogP contribution in [-0.4, -0.2) is 36.6 Å². The van der Waals surface area contributed by atoms with Crippen LogP contribution in [0.15, 0.2) is 0 Å². The molecule has 0 unspecified atom stereocenters. The van der Waals surface area contributed by atoms with Crippen LogP contribution in [0.4, 0.5) is 0 Å². The quantitative estimate of drug-likeness (QED) is 0.567. The Kier molecular flexibility index (Phi) is 7.40. The molecule has 0 aliphatic rings. The number of aliphatic hydroxyl groups excluding tert-OH is 2. The van der Waals surface area contributed by atoms with Gasteiger partial charge in [0.25, 0.3) is 0 Å². The van der Waals surface area contributed by atoms with Gasteiger partial charge in [-0.05, 0) is 12.8 Å². The zero-order valence-corrected chi connectivity index (χ0v) is 8.70. The van der Waals surface area contributed by atoms with Crippen molar-refractivity contribution in [2.45, 2.75) is 26.2 Å². The third-order valence-electron chi connectivity index (χ3n) is 2.41. The molecule has 0 spiro atoms. The van der Waals surface area contributed by atoms with E-state index in [2.05, 4.69) is 0 Å². The summed E-state index contributed by atoms with van der Waals surface area (Å²) in [6, 6.07) is 2.03. The van der Waals surface area contributed by atoms with Gasteiger partial charge in [0.15, 0.2) is 0 Å². The van der Waals surface area contributed by atoms with E-state index in [1.807, 2.05) is 13.0 Å². The van der Waals surface area contributed by atoms with Crippen LogP contribution >= 0.6 is 0 Å². The van der Waals surface area contributed by atoms with Crippen LogP contribution in [0.3, 0.4) is 0 Å². The van der Waals surface area contributed by atoms with Crippen LogP contribution in [0, 0.1) is 16.7 Å². The molecule has 0 aromatic rings. The predicted octanol–water partition coefficient (Wildman–Crippen LogP) is 0.688. The fourth-order valence-corrected chi connectivity index (χ4v) is 1.01. The predicted molar refractivity (Wildman–Crippen MR) is 52.6 cm³/mol. The molecule has 0 aliphatic carbocycles. The first-order valence-electron chi connectivity index (χ1n) is 4.91. The Labute approximate surface area is 85.1 Å². The summed E-state index contributed by atoms with van der Waals surface area (Å²) in [5.41, 5.74) is -0.521. The highest BCUT2D eigenvalue weighted by Gasteiger charge is 2.26. The van der Waals surface area contributed by atoms with Crippen molar-refractivity contribution in [1.29, 1.82) is 5.26 Å². The van der Waals surface area contributed by atoms with E-state index >= 15 is 0 Å². The second-order valence-electron chi connectivity index (χ2n) is 3.48. The van der Waals surface area contributed by atoms with Crippen molar-refractivity contribution >= 4 is 0 Å². The lowest BCUT2D eigenvalue weighted by atomic mass is 9.88. The topological polar surface area (TPSA) is 73.5 Å². The summed E-state index contributed by atoms with van der Waals surface area (Å²) in [4.78, 5) is 0. The van der Waals surface area contributed by atoms with Gasteiger partial charge in [-0.1, -0.05) is 6.92 Å². The van der Waals surface area contributed by atoms with E-state index in [1.54, 1.807) is 0 Å². The Morgan fingerprint density at radius 3 is 2.43 bits per heavy atom. The number of nitriles is 1. The lowest BCUT2D eigenvalue weighted by molar-refractivity contribution is -0.0301. The minimum absolute atomic E-state index is 0.0712. The first-order chi connectivity index (χ1) is 6.74. The Morgan fingerprint density at radius 2 is 2.00 bits per heavy atom. The lowest BCUT2D eigenvalue weighted by Gasteiger charge is -2.27. The van der Waals surface area contributed by atoms with Gasteiger partial charge < -0.3 is 14.9 Å². The molecule has 0 aromatic carbocycles. The van der Waals surface area contributed by atoms with E-state index in [-0.39, 0.29) is 13.2 Å². The van der Waals surface area contributed by atoms with Crippen LogP contribution < -0.4 is 0 Å². The molecule has 14 heavy (non-hydrogen) atoms. The van der Waals surface area contributed by atoms with Gasteiger partial charge in [-0.2, -0.15) is 5.26 Å². The molecule has 0 saturated heterocycles. The van der Waals surface area contributed by atoms with Crippen LogP contribution in [0.5, 0.6) is 0 Å². The van der Waals surface area contributed by atoms with Gasteiger partial charge in [0.05, 0.1) is 25.9 Å². The maximum Gasteiger partial charge on any atom is 0.0622 e. The Bertz CT molecular complexity index is 164. The molecular weight excluding hydrogens is 182 g/mol. The molecule has 0 aromatic heterocycles. The molecule has 0 radical (unpaired) electrons. The Morgan fingerprint density at radius 1 is 1.36 bits per heavy atom. The van der Waals surface area contributed by atoms with E-state index in [1.165, 1.54) is 0 Å². The summed E-state index contributed by atoms with van der Waals surface area (Å²) < 4.78 is 5.30. The first-order valence-corrected chi connectivity index (χ1v) is 4.91. The zero-order valence-electron chi connectivity index (χ0n) is 8.70.